The van der Waals surface area contributed by atoms with Gasteiger partial charge in [0.2, 0.25) is 5.91 Å². The molecule has 1 aromatic carbocycles. The topological polar surface area (TPSA) is 74.9 Å². The van der Waals surface area contributed by atoms with Crippen molar-refractivity contribution in [3.63, 3.8) is 0 Å². The Balaban J connectivity index is 1.55. The molecule has 0 bridgehead atoms. The van der Waals surface area contributed by atoms with Gasteiger partial charge in [0.15, 0.2) is 17.2 Å². The smallest absolute Gasteiger partial charge is 0.220 e. The number of hydrogen-bond acceptors (Lipinski definition) is 7. The van der Waals surface area contributed by atoms with Crippen molar-refractivity contribution in [3.05, 3.63) is 47.6 Å². The molecule has 0 N–H and O–H groups in total. The Morgan fingerprint density at radius 1 is 1.22 bits per heavy atom. The molecule has 32 heavy (non-hydrogen) atoms. The number of ether oxygens (including phenoxy) is 1. The van der Waals surface area contributed by atoms with E-state index in [0.717, 1.165) is 59.2 Å². The molecule has 0 spiro atoms. The number of nitrogens with zero attached hydrogens (tertiary/aromatic N) is 5. The van der Waals surface area contributed by atoms with Crippen molar-refractivity contribution in [1.82, 2.24) is 19.8 Å². The van der Waals surface area contributed by atoms with Gasteiger partial charge < -0.3 is 19.0 Å². The van der Waals surface area contributed by atoms with Gasteiger partial charge in [0.25, 0.3) is 0 Å². The number of para-hydroxylation sites is 1. The molecule has 8 nitrogen and oxygen atoms in total. The van der Waals surface area contributed by atoms with Crippen LogP contribution in [0.3, 0.4) is 0 Å². The lowest BCUT2D eigenvalue weighted by molar-refractivity contribution is -0.129. The van der Waals surface area contributed by atoms with Gasteiger partial charge in [0, 0.05) is 45.6 Å². The number of likely N-dealkylation sites (tertiary alicyclic amines) is 1. The molecule has 0 aliphatic carbocycles. The zero-order chi connectivity index (χ0) is 22.8. The Labute approximate surface area is 188 Å². The highest BCUT2D eigenvalue weighted by molar-refractivity contribution is 5.83. The number of rotatable bonds is 7. The van der Waals surface area contributed by atoms with Crippen molar-refractivity contribution in [2.75, 3.05) is 39.7 Å². The summed E-state index contributed by atoms with van der Waals surface area (Å²) in [7, 11) is 7.63. The van der Waals surface area contributed by atoms with Crippen molar-refractivity contribution in [2.24, 2.45) is 0 Å². The van der Waals surface area contributed by atoms with Crippen LogP contribution in [0.4, 0.5) is 5.82 Å². The first-order valence-corrected chi connectivity index (χ1v) is 10.9. The second kappa shape index (κ2) is 9.16. The van der Waals surface area contributed by atoms with Crippen molar-refractivity contribution in [1.29, 1.82) is 0 Å². The van der Waals surface area contributed by atoms with Crippen LogP contribution in [0.1, 0.15) is 43.1 Å². The summed E-state index contributed by atoms with van der Waals surface area (Å²) in [5.74, 6) is 3.25. The molecule has 3 aromatic rings. The minimum Gasteiger partial charge on any atom is -0.493 e. The number of carbonyl (C=O) groups is 1. The molecular weight excluding hydrogens is 406 g/mol. The molecule has 4 rings (SSSR count). The maximum Gasteiger partial charge on any atom is 0.220 e. The van der Waals surface area contributed by atoms with Crippen LogP contribution in [0.15, 0.2) is 34.7 Å². The number of methoxy groups -OCH3 is 1. The Morgan fingerprint density at radius 3 is 2.75 bits per heavy atom. The minimum absolute atomic E-state index is 0.0562. The molecule has 1 amide bonds. The zero-order valence-corrected chi connectivity index (χ0v) is 19.5. The number of hydrogen-bond donors (Lipinski definition) is 0. The molecule has 1 saturated heterocycles. The molecule has 1 aliphatic rings. The van der Waals surface area contributed by atoms with Crippen molar-refractivity contribution in [3.8, 4) is 5.75 Å². The lowest BCUT2D eigenvalue weighted by Crippen LogP contribution is -2.30. The summed E-state index contributed by atoms with van der Waals surface area (Å²) in [5, 5.41) is 1.03. The summed E-state index contributed by atoms with van der Waals surface area (Å²) in [6.45, 7) is 3.65. The van der Waals surface area contributed by atoms with E-state index in [1.807, 2.05) is 61.3 Å². The predicted molar refractivity (Wildman–Crippen MR) is 124 cm³/mol. The Kier molecular flexibility index (Phi) is 6.32. The SMILES string of the molecule is COc1cccc2cc(CN(C)Cc3cc(N(C)C)nc([C@H]4CCCN4C(C)=O)n3)oc12. The molecule has 3 heterocycles. The lowest BCUT2D eigenvalue weighted by Gasteiger charge is -2.24. The van der Waals surface area contributed by atoms with Crippen LogP contribution in [0.25, 0.3) is 11.0 Å². The van der Waals surface area contributed by atoms with Crippen LogP contribution in [-0.2, 0) is 17.9 Å². The fraction of sp³-hybridized carbons (Fsp3) is 0.458. The zero-order valence-electron chi connectivity index (χ0n) is 19.5. The molecule has 1 atom stereocenters. The standard InChI is InChI=1S/C24H31N5O3/c1-16(30)29-11-7-9-20(29)24-25-18(13-22(26-24)27(2)3)14-28(4)15-19-12-17-8-6-10-21(31-5)23(17)32-19/h6,8,10,12-13,20H,7,9,11,14-15H2,1-5H3/t20-/m1/s1. The highest BCUT2D eigenvalue weighted by Gasteiger charge is 2.30. The molecule has 0 unspecified atom stereocenters. The van der Waals surface area contributed by atoms with Crippen molar-refractivity contribution < 1.29 is 13.9 Å². The van der Waals surface area contributed by atoms with Gasteiger partial charge in [0.1, 0.15) is 11.6 Å². The van der Waals surface area contributed by atoms with Gasteiger partial charge >= 0.3 is 0 Å². The largest absolute Gasteiger partial charge is 0.493 e. The average molecular weight is 438 g/mol. The number of benzene rings is 1. The molecule has 1 aliphatic heterocycles. The van der Waals surface area contributed by atoms with Gasteiger partial charge in [-0.1, -0.05) is 12.1 Å². The summed E-state index contributed by atoms with van der Waals surface area (Å²) in [5.41, 5.74) is 1.69. The van der Waals surface area contributed by atoms with E-state index in [9.17, 15) is 4.79 Å². The van der Waals surface area contributed by atoms with E-state index in [2.05, 4.69) is 4.90 Å². The first-order chi connectivity index (χ1) is 15.4. The van der Waals surface area contributed by atoms with Crippen LogP contribution in [-0.4, -0.2) is 60.5 Å². The van der Waals surface area contributed by atoms with E-state index in [0.29, 0.717) is 13.1 Å². The van der Waals surface area contributed by atoms with Gasteiger partial charge in [-0.3, -0.25) is 9.69 Å². The first kappa shape index (κ1) is 22.1. The van der Waals surface area contributed by atoms with Crippen LogP contribution in [0, 0.1) is 0 Å². The maximum atomic E-state index is 12.1. The van der Waals surface area contributed by atoms with Crippen LogP contribution in [0.2, 0.25) is 0 Å². The minimum atomic E-state index is -0.0562. The highest BCUT2D eigenvalue weighted by atomic mass is 16.5. The molecule has 2 aromatic heterocycles. The average Bonchev–Trinajstić information content (AvgIpc) is 3.40. The summed E-state index contributed by atoms with van der Waals surface area (Å²) in [4.78, 5) is 27.7. The van der Waals surface area contributed by atoms with Gasteiger partial charge in [-0.05, 0) is 32.0 Å². The third kappa shape index (κ3) is 4.55. The Morgan fingerprint density at radius 2 is 2.03 bits per heavy atom. The van der Waals surface area contributed by atoms with E-state index >= 15 is 0 Å². The summed E-state index contributed by atoms with van der Waals surface area (Å²) in [6.07, 6.45) is 1.87. The van der Waals surface area contributed by atoms with Crippen molar-refractivity contribution in [2.45, 2.75) is 38.9 Å². The summed E-state index contributed by atoms with van der Waals surface area (Å²) in [6, 6.07) is 9.89. The third-order valence-corrected chi connectivity index (χ3v) is 5.83. The van der Waals surface area contributed by atoms with E-state index in [1.54, 1.807) is 14.0 Å². The van der Waals surface area contributed by atoms with Crippen molar-refractivity contribution >= 4 is 22.7 Å². The molecule has 1 fully saturated rings. The Hall–Kier alpha value is -3.13. The Bertz CT molecular complexity index is 1110. The lowest BCUT2D eigenvalue weighted by atomic mass is 10.2. The van der Waals surface area contributed by atoms with Crippen LogP contribution >= 0.6 is 0 Å². The number of aromatic nitrogens is 2. The maximum absolute atomic E-state index is 12.1. The van der Waals surface area contributed by atoms with Crippen LogP contribution in [0.5, 0.6) is 5.75 Å². The fourth-order valence-electron chi connectivity index (χ4n) is 4.30. The van der Waals surface area contributed by atoms with E-state index < -0.39 is 0 Å². The monoisotopic (exact) mass is 437 g/mol. The van der Waals surface area contributed by atoms with Gasteiger partial charge in [0.05, 0.1) is 25.4 Å². The van der Waals surface area contributed by atoms with E-state index in [4.69, 9.17) is 19.1 Å². The van der Waals surface area contributed by atoms with Crippen LogP contribution < -0.4 is 9.64 Å². The van der Waals surface area contributed by atoms with E-state index in [-0.39, 0.29) is 11.9 Å². The second-order valence-corrected chi connectivity index (χ2v) is 8.60. The number of furan rings is 1. The first-order valence-electron chi connectivity index (χ1n) is 10.9. The fourth-order valence-corrected chi connectivity index (χ4v) is 4.30. The number of carbonyl (C=O) groups excluding carboxylic acids is 1. The van der Waals surface area contributed by atoms with Gasteiger partial charge in [-0.25, -0.2) is 9.97 Å². The molecule has 8 heteroatoms. The predicted octanol–water partition coefficient (Wildman–Crippen LogP) is 3.61. The van der Waals surface area contributed by atoms with Gasteiger partial charge in [-0.15, -0.1) is 0 Å². The number of amides is 1. The molecule has 0 saturated carbocycles. The normalized spacial score (nSPS) is 16.2. The highest BCUT2D eigenvalue weighted by Crippen LogP contribution is 2.31. The van der Waals surface area contributed by atoms with Gasteiger partial charge in [-0.2, -0.15) is 0 Å². The number of anilines is 1. The van der Waals surface area contributed by atoms with E-state index in [1.165, 1.54) is 0 Å². The molecule has 170 valence electrons. The molecular formula is C24H31N5O3. The molecule has 0 radical (unpaired) electrons. The second-order valence-electron chi connectivity index (χ2n) is 8.60. The quantitative estimate of drug-likeness (QED) is 0.559. The summed E-state index contributed by atoms with van der Waals surface area (Å²) >= 11 is 0. The third-order valence-electron chi connectivity index (χ3n) is 5.83. The number of fused-ring (bicyclic) bond motifs is 1. The summed E-state index contributed by atoms with van der Waals surface area (Å²) < 4.78 is 11.5.